The Hall–Kier alpha value is -1.83. The number of nitriles is 1. The molecule has 0 aromatic carbocycles. The Bertz CT molecular complexity index is 458. The minimum absolute atomic E-state index is 0.0776. The van der Waals surface area contributed by atoms with Crippen LogP contribution in [0.25, 0.3) is 0 Å². The summed E-state index contributed by atoms with van der Waals surface area (Å²) in [6.45, 7) is 6.88. The van der Waals surface area contributed by atoms with Crippen molar-refractivity contribution in [1.29, 1.82) is 5.26 Å². The Morgan fingerprint density at radius 3 is 2.78 bits per heavy atom. The van der Waals surface area contributed by atoms with Gasteiger partial charge in [0.15, 0.2) is 0 Å². The predicted molar refractivity (Wildman–Crippen MR) is 69.0 cm³/mol. The van der Waals surface area contributed by atoms with E-state index >= 15 is 0 Å². The number of hydrogen-bond acceptors (Lipinski definition) is 3. The average Bonchev–Trinajstić information content (AvgIpc) is 2.80. The Balaban J connectivity index is 2.89. The van der Waals surface area contributed by atoms with Crippen molar-refractivity contribution in [2.45, 2.75) is 33.7 Å². The van der Waals surface area contributed by atoms with Crippen LogP contribution in [-0.2, 0) is 13.0 Å². The third-order valence-electron chi connectivity index (χ3n) is 2.83. The van der Waals surface area contributed by atoms with Crippen molar-refractivity contribution in [3.05, 3.63) is 17.5 Å². The van der Waals surface area contributed by atoms with E-state index in [0.29, 0.717) is 18.8 Å². The third kappa shape index (κ3) is 3.10. The van der Waals surface area contributed by atoms with Gasteiger partial charge >= 0.3 is 0 Å². The van der Waals surface area contributed by atoms with E-state index in [0.717, 1.165) is 12.1 Å². The molecule has 1 rings (SSSR count). The number of aromatic nitrogens is 2. The molecule has 0 N–H and O–H groups in total. The zero-order valence-corrected chi connectivity index (χ0v) is 11.5. The van der Waals surface area contributed by atoms with Gasteiger partial charge in [-0.3, -0.25) is 9.48 Å². The molecule has 0 bridgehead atoms. The van der Waals surface area contributed by atoms with Crippen molar-refractivity contribution in [1.82, 2.24) is 14.7 Å². The number of nitrogens with zero attached hydrogens (tertiary/aromatic N) is 4. The van der Waals surface area contributed by atoms with Crippen LogP contribution in [0, 0.1) is 17.2 Å². The first-order chi connectivity index (χ1) is 8.53. The maximum absolute atomic E-state index is 12.3. The van der Waals surface area contributed by atoms with Crippen LogP contribution in [0.1, 0.15) is 37.0 Å². The summed E-state index contributed by atoms with van der Waals surface area (Å²) in [7, 11) is 1.72. The van der Waals surface area contributed by atoms with Gasteiger partial charge in [-0.15, -0.1) is 0 Å². The number of amides is 1. The smallest absolute Gasteiger partial charge is 0.271 e. The fraction of sp³-hybridized carbons (Fsp3) is 0.615. The minimum atomic E-state index is -0.164. The summed E-state index contributed by atoms with van der Waals surface area (Å²) in [5, 5.41) is 13.1. The van der Waals surface area contributed by atoms with E-state index in [1.807, 2.05) is 19.9 Å². The molecule has 5 heteroatoms. The number of hydrogen-bond donors (Lipinski definition) is 0. The number of rotatable bonds is 5. The SMILES string of the molecule is CCc1cc(C(=O)N(C)CC(C)C#N)n(CC)n1. The third-order valence-corrected chi connectivity index (χ3v) is 2.83. The van der Waals surface area contributed by atoms with E-state index < -0.39 is 0 Å². The van der Waals surface area contributed by atoms with Crippen molar-refractivity contribution < 1.29 is 4.79 Å². The van der Waals surface area contributed by atoms with Crippen molar-refractivity contribution >= 4 is 5.91 Å². The Kier molecular flexibility index (Phi) is 4.90. The monoisotopic (exact) mass is 248 g/mol. The van der Waals surface area contributed by atoms with Gasteiger partial charge in [0.05, 0.1) is 17.7 Å². The highest BCUT2D eigenvalue weighted by Crippen LogP contribution is 2.09. The second-order valence-corrected chi connectivity index (χ2v) is 4.41. The highest BCUT2D eigenvalue weighted by Gasteiger charge is 2.19. The molecule has 0 fully saturated rings. The van der Waals surface area contributed by atoms with Gasteiger partial charge in [-0.2, -0.15) is 10.4 Å². The molecule has 0 aliphatic carbocycles. The highest BCUT2D eigenvalue weighted by molar-refractivity contribution is 5.92. The molecule has 0 radical (unpaired) electrons. The van der Waals surface area contributed by atoms with Crippen LogP contribution in [0.5, 0.6) is 0 Å². The van der Waals surface area contributed by atoms with Gasteiger partial charge < -0.3 is 4.90 Å². The van der Waals surface area contributed by atoms with Crippen LogP contribution in [0.15, 0.2) is 6.07 Å². The standard InChI is InChI=1S/C13H20N4O/c1-5-11-7-12(17(6-2)15-11)13(18)16(4)9-10(3)8-14/h7,10H,5-6,9H2,1-4H3. The predicted octanol–water partition coefficient (Wildman–Crippen LogP) is 1.70. The molecule has 1 aromatic rings. The van der Waals surface area contributed by atoms with E-state index in [1.54, 1.807) is 23.6 Å². The molecule has 5 nitrogen and oxygen atoms in total. The first-order valence-electron chi connectivity index (χ1n) is 6.25. The van der Waals surface area contributed by atoms with Gasteiger partial charge in [0.1, 0.15) is 5.69 Å². The molecular weight excluding hydrogens is 228 g/mol. The molecular formula is C13H20N4O. The maximum Gasteiger partial charge on any atom is 0.271 e. The first kappa shape index (κ1) is 14.2. The lowest BCUT2D eigenvalue weighted by molar-refractivity contribution is 0.0773. The zero-order chi connectivity index (χ0) is 13.7. The topological polar surface area (TPSA) is 61.9 Å². The van der Waals surface area contributed by atoms with Gasteiger partial charge in [-0.25, -0.2) is 0 Å². The van der Waals surface area contributed by atoms with Crippen LogP contribution in [0.4, 0.5) is 0 Å². The lowest BCUT2D eigenvalue weighted by atomic mass is 10.2. The summed E-state index contributed by atoms with van der Waals surface area (Å²) in [6.07, 6.45) is 0.811. The second kappa shape index (κ2) is 6.20. The lowest BCUT2D eigenvalue weighted by Crippen LogP contribution is -2.32. The van der Waals surface area contributed by atoms with E-state index in [4.69, 9.17) is 5.26 Å². The van der Waals surface area contributed by atoms with Crippen LogP contribution >= 0.6 is 0 Å². The molecule has 0 spiro atoms. The van der Waals surface area contributed by atoms with Crippen molar-refractivity contribution in [2.24, 2.45) is 5.92 Å². The van der Waals surface area contributed by atoms with Gasteiger partial charge in [0.25, 0.3) is 5.91 Å². The second-order valence-electron chi connectivity index (χ2n) is 4.41. The molecule has 0 aliphatic heterocycles. The van der Waals surface area contributed by atoms with E-state index in [1.165, 1.54) is 0 Å². The fourth-order valence-corrected chi connectivity index (χ4v) is 1.79. The summed E-state index contributed by atoms with van der Waals surface area (Å²) in [6, 6.07) is 3.96. The van der Waals surface area contributed by atoms with Gasteiger partial charge in [-0.1, -0.05) is 6.92 Å². The maximum atomic E-state index is 12.3. The molecule has 1 aromatic heterocycles. The summed E-state index contributed by atoms with van der Waals surface area (Å²) < 4.78 is 1.72. The summed E-state index contributed by atoms with van der Waals surface area (Å²) >= 11 is 0. The average molecular weight is 248 g/mol. The molecule has 98 valence electrons. The van der Waals surface area contributed by atoms with Crippen LogP contribution < -0.4 is 0 Å². The Morgan fingerprint density at radius 2 is 2.28 bits per heavy atom. The number of carbonyl (C=O) groups excluding carboxylic acids is 1. The quantitative estimate of drug-likeness (QED) is 0.796. The molecule has 1 unspecified atom stereocenters. The molecule has 0 saturated heterocycles. The molecule has 18 heavy (non-hydrogen) atoms. The molecule has 1 amide bonds. The summed E-state index contributed by atoms with van der Waals surface area (Å²) in [5.41, 5.74) is 1.52. The van der Waals surface area contributed by atoms with Gasteiger partial charge in [-0.05, 0) is 26.3 Å². The van der Waals surface area contributed by atoms with Crippen LogP contribution in [0.2, 0.25) is 0 Å². The van der Waals surface area contributed by atoms with Gasteiger partial charge in [0, 0.05) is 20.1 Å². The molecule has 0 aliphatic rings. The Morgan fingerprint density at radius 1 is 1.61 bits per heavy atom. The Labute approximate surface area is 108 Å². The van der Waals surface area contributed by atoms with E-state index in [2.05, 4.69) is 11.2 Å². The highest BCUT2D eigenvalue weighted by atomic mass is 16.2. The molecule has 1 atom stereocenters. The minimum Gasteiger partial charge on any atom is -0.339 e. The van der Waals surface area contributed by atoms with Crippen molar-refractivity contribution in [2.75, 3.05) is 13.6 Å². The van der Waals surface area contributed by atoms with Crippen molar-refractivity contribution in [3.63, 3.8) is 0 Å². The van der Waals surface area contributed by atoms with Gasteiger partial charge in [0.2, 0.25) is 0 Å². The zero-order valence-electron chi connectivity index (χ0n) is 11.5. The largest absolute Gasteiger partial charge is 0.339 e. The summed E-state index contributed by atoms with van der Waals surface area (Å²) in [5.74, 6) is -0.242. The van der Waals surface area contributed by atoms with E-state index in [-0.39, 0.29) is 11.8 Å². The normalized spacial score (nSPS) is 11.9. The number of aryl methyl sites for hydroxylation is 2. The van der Waals surface area contributed by atoms with E-state index in [9.17, 15) is 4.79 Å². The molecule has 0 saturated carbocycles. The van der Waals surface area contributed by atoms with Crippen LogP contribution in [0.3, 0.4) is 0 Å². The lowest BCUT2D eigenvalue weighted by Gasteiger charge is -2.18. The van der Waals surface area contributed by atoms with Crippen molar-refractivity contribution in [3.8, 4) is 6.07 Å². The fourth-order valence-electron chi connectivity index (χ4n) is 1.79. The van der Waals surface area contributed by atoms with Crippen LogP contribution in [-0.4, -0.2) is 34.2 Å². The summed E-state index contributed by atoms with van der Waals surface area (Å²) in [4.78, 5) is 13.8. The number of carbonyl (C=O) groups is 1. The first-order valence-corrected chi connectivity index (χ1v) is 6.25. The molecule has 1 heterocycles.